The summed E-state index contributed by atoms with van der Waals surface area (Å²) in [5.41, 5.74) is 1.13. The average Bonchev–Trinajstić information content (AvgIpc) is 2.78. The first kappa shape index (κ1) is 14.4. The normalized spacial score (nSPS) is 10.8. The lowest BCUT2D eigenvalue weighted by atomic mass is 10.4. The number of hydrogen-bond acceptors (Lipinski definition) is 5. The van der Waals surface area contributed by atoms with Gasteiger partial charge in [0.05, 0.1) is 12.3 Å². The summed E-state index contributed by atoms with van der Waals surface area (Å²) in [6.07, 6.45) is 1.16. The summed E-state index contributed by atoms with van der Waals surface area (Å²) in [6, 6.07) is 0. The van der Waals surface area contributed by atoms with E-state index in [1.54, 1.807) is 11.3 Å². The topological polar surface area (TPSA) is 37.4 Å². The van der Waals surface area contributed by atoms with E-state index in [0.29, 0.717) is 0 Å². The Morgan fingerprint density at radius 2 is 2.29 bits per heavy atom. The van der Waals surface area contributed by atoms with E-state index in [4.69, 9.17) is 4.74 Å². The standard InChI is InChI=1S/C12H23N3OS/c1-4-6-13-9-11-10-17-12(14-11)15(3)7-8-16-5-2/h10,13H,4-9H2,1-3H3. The number of nitrogens with zero attached hydrogens (tertiary/aromatic N) is 2. The molecular formula is C12H23N3OS. The molecule has 1 rings (SSSR count). The molecule has 0 fully saturated rings. The maximum Gasteiger partial charge on any atom is 0.185 e. The second kappa shape index (κ2) is 8.44. The summed E-state index contributed by atoms with van der Waals surface area (Å²) >= 11 is 1.69. The van der Waals surface area contributed by atoms with Crippen LogP contribution in [0.3, 0.4) is 0 Å². The molecule has 0 unspecified atom stereocenters. The Balaban J connectivity index is 2.33. The van der Waals surface area contributed by atoms with Gasteiger partial charge in [-0.1, -0.05) is 6.92 Å². The van der Waals surface area contributed by atoms with Gasteiger partial charge in [0.2, 0.25) is 0 Å². The maximum absolute atomic E-state index is 5.33. The molecule has 0 aromatic carbocycles. The minimum Gasteiger partial charge on any atom is -0.380 e. The third-order valence-corrected chi connectivity index (χ3v) is 3.38. The Labute approximate surface area is 108 Å². The third kappa shape index (κ3) is 5.48. The van der Waals surface area contributed by atoms with E-state index < -0.39 is 0 Å². The van der Waals surface area contributed by atoms with Gasteiger partial charge in [0, 0.05) is 32.1 Å². The molecule has 0 spiro atoms. The van der Waals surface area contributed by atoms with E-state index in [1.165, 1.54) is 0 Å². The summed E-state index contributed by atoms with van der Waals surface area (Å²) in [4.78, 5) is 6.73. The van der Waals surface area contributed by atoms with Crippen LogP contribution in [0.25, 0.3) is 0 Å². The second-order valence-electron chi connectivity index (χ2n) is 3.92. The van der Waals surface area contributed by atoms with Gasteiger partial charge < -0.3 is 15.0 Å². The lowest BCUT2D eigenvalue weighted by Gasteiger charge is -2.15. The summed E-state index contributed by atoms with van der Waals surface area (Å²) in [5.74, 6) is 0. The van der Waals surface area contributed by atoms with Crippen molar-refractivity contribution in [1.82, 2.24) is 10.3 Å². The molecule has 1 aromatic rings. The first-order valence-electron chi connectivity index (χ1n) is 6.21. The minimum absolute atomic E-state index is 0.760. The Kier molecular flexibility index (Phi) is 7.16. The molecule has 1 aromatic heterocycles. The van der Waals surface area contributed by atoms with Crippen molar-refractivity contribution in [3.63, 3.8) is 0 Å². The molecule has 4 nitrogen and oxygen atoms in total. The van der Waals surface area contributed by atoms with Crippen molar-refractivity contribution in [3.05, 3.63) is 11.1 Å². The zero-order chi connectivity index (χ0) is 12.5. The van der Waals surface area contributed by atoms with Crippen molar-refractivity contribution in [2.75, 3.05) is 38.3 Å². The summed E-state index contributed by atoms with van der Waals surface area (Å²) in [5, 5.41) is 6.54. The molecule has 0 amide bonds. The van der Waals surface area contributed by atoms with E-state index in [-0.39, 0.29) is 0 Å². The predicted molar refractivity (Wildman–Crippen MR) is 73.9 cm³/mol. The van der Waals surface area contributed by atoms with Gasteiger partial charge in [-0.3, -0.25) is 0 Å². The van der Waals surface area contributed by atoms with Crippen LogP contribution in [0.1, 0.15) is 26.0 Å². The fourth-order valence-corrected chi connectivity index (χ4v) is 2.21. The fraction of sp³-hybridized carbons (Fsp3) is 0.750. The zero-order valence-electron chi connectivity index (χ0n) is 11.0. The van der Waals surface area contributed by atoms with E-state index in [9.17, 15) is 0 Å². The van der Waals surface area contributed by atoms with Gasteiger partial charge in [-0.25, -0.2) is 4.98 Å². The van der Waals surface area contributed by atoms with Gasteiger partial charge in [-0.2, -0.15) is 0 Å². The molecular weight excluding hydrogens is 234 g/mol. The number of ether oxygens (including phenoxy) is 1. The molecule has 0 saturated carbocycles. The minimum atomic E-state index is 0.760. The summed E-state index contributed by atoms with van der Waals surface area (Å²) in [7, 11) is 2.06. The molecule has 0 aliphatic rings. The molecule has 0 radical (unpaired) electrons. The van der Waals surface area contributed by atoms with Gasteiger partial charge in [-0.15, -0.1) is 11.3 Å². The van der Waals surface area contributed by atoms with Crippen LogP contribution in [0.4, 0.5) is 5.13 Å². The highest BCUT2D eigenvalue weighted by atomic mass is 32.1. The molecule has 0 aliphatic heterocycles. The van der Waals surface area contributed by atoms with Gasteiger partial charge >= 0.3 is 0 Å². The SMILES string of the molecule is CCCNCc1csc(N(C)CCOCC)n1. The van der Waals surface area contributed by atoms with Crippen LogP contribution in [0.15, 0.2) is 5.38 Å². The van der Waals surface area contributed by atoms with Crippen LogP contribution >= 0.6 is 11.3 Å². The predicted octanol–water partition coefficient (Wildman–Crippen LogP) is 2.12. The number of nitrogens with one attached hydrogen (secondary N) is 1. The highest BCUT2D eigenvalue weighted by Crippen LogP contribution is 2.18. The van der Waals surface area contributed by atoms with Crippen molar-refractivity contribution >= 4 is 16.5 Å². The number of thiazole rings is 1. The fourth-order valence-electron chi connectivity index (χ4n) is 1.39. The van der Waals surface area contributed by atoms with Gasteiger partial charge in [0.15, 0.2) is 5.13 Å². The van der Waals surface area contributed by atoms with Gasteiger partial charge in [0.25, 0.3) is 0 Å². The Morgan fingerprint density at radius 3 is 3.00 bits per heavy atom. The monoisotopic (exact) mass is 257 g/mol. The highest BCUT2D eigenvalue weighted by molar-refractivity contribution is 7.13. The largest absolute Gasteiger partial charge is 0.380 e. The first-order valence-corrected chi connectivity index (χ1v) is 7.09. The van der Waals surface area contributed by atoms with Crippen LogP contribution in [0, 0.1) is 0 Å². The van der Waals surface area contributed by atoms with E-state index in [2.05, 4.69) is 34.6 Å². The highest BCUT2D eigenvalue weighted by Gasteiger charge is 2.06. The Morgan fingerprint density at radius 1 is 1.47 bits per heavy atom. The molecule has 0 saturated heterocycles. The van der Waals surface area contributed by atoms with Crippen LogP contribution in [-0.2, 0) is 11.3 Å². The molecule has 1 N–H and O–H groups in total. The quantitative estimate of drug-likeness (QED) is 0.688. The van der Waals surface area contributed by atoms with Crippen LogP contribution in [-0.4, -0.2) is 38.3 Å². The first-order chi connectivity index (χ1) is 8.27. The number of aromatic nitrogens is 1. The van der Waals surface area contributed by atoms with Crippen molar-refractivity contribution in [1.29, 1.82) is 0 Å². The summed E-state index contributed by atoms with van der Waals surface area (Å²) in [6.45, 7) is 8.52. The number of anilines is 1. The van der Waals surface area contributed by atoms with Crippen LogP contribution in [0.5, 0.6) is 0 Å². The summed E-state index contributed by atoms with van der Waals surface area (Å²) < 4.78 is 5.33. The number of hydrogen-bond donors (Lipinski definition) is 1. The van der Waals surface area contributed by atoms with Crippen LogP contribution < -0.4 is 10.2 Å². The average molecular weight is 257 g/mol. The van der Waals surface area contributed by atoms with E-state index in [0.717, 1.165) is 50.1 Å². The molecule has 0 bridgehead atoms. The molecule has 1 heterocycles. The molecule has 0 atom stereocenters. The van der Waals surface area contributed by atoms with Gasteiger partial charge in [-0.05, 0) is 19.9 Å². The van der Waals surface area contributed by atoms with Gasteiger partial charge in [0.1, 0.15) is 0 Å². The lowest BCUT2D eigenvalue weighted by molar-refractivity contribution is 0.154. The van der Waals surface area contributed by atoms with Crippen molar-refractivity contribution in [3.8, 4) is 0 Å². The third-order valence-electron chi connectivity index (χ3n) is 2.37. The van der Waals surface area contributed by atoms with E-state index in [1.807, 2.05) is 6.92 Å². The lowest BCUT2D eigenvalue weighted by Crippen LogP contribution is -2.22. The van der Waals surface area contributed by atoms with E-state index >= 15 is 0 Å². The Hall–Kier alpha value is -0.650. The second-order valence-corrected chi connectivity index (χ2v) is 4.75. The molecule has 98 valence electrons. The maximum atomic E-state index is 5.33. The molecule has 5 heteroatoms. The number of rotatable bonds is 9. The van der Waals surface area contributed by atoms with Crippen molar-refractivity contribution in [2.24, 2.45) is 0 Å². The molecule has 17 heavy (non-hydrogen) atoms. The smallest absolute Gasteiger partial charge is 0.185 e. The number of likely N-dealkylation sites (N-methyl/N-ethyl adjacent to an activating group) is 1. The van der Waals surface area contributed by atoms with Crippen molar-refractivity contribution in [2.45, 2.75) is 26.8 Å². The van der Waals surface area contributed by atoms with Crippen LogP contribution in [0.2, 0.25) is 0 Å². The zero-order valence-corrected chi connectivity index (χ0v) is 11.8. The Bertz CT molecular complexity index is 304. The van der Waals surface area contributed by atoms with Crippen molar-refractivity contribution < 1.29 is 4.74 Å². The molecule has 0 aliphatic carbocycles.